The van der Waals surface area contributed by atoms with Crippen molar-refractivity contribution in [3.8, 4) is 0 Å². The summed E-state index contributed by atoms with van der Waals surface area (Å²) in [6.45, 7) is 1.76. The van der Waals surface area contributed by atoms with E-state index in [1.165, 1.54) is 21.7 Å². The van der Waals surface area contributed by atoms with E-state index in [4.69, 9.17) is 9.84 Å². The molecule has 114 valence electrons. The molecule has 0 spiro atoms. The highest BCUT2D eigenvalue weighted by Gasteiger charge is 2.28. The largest absolute Gasteiger partial charge is 0.391 e. The van der Waals surface area contributed by atoms with Crippen LogP contribution in [-0.4, -0.2) is 44.6 Å². The van der Waals surface area contributed by atoms with Crippen LogP contribution in [0.5, 0.6) is 0 Å². The second-order valence-corrected chi connectivity index (χ2v) is 9.32. The first-order valence-electron chi connectivity index (χ1n) is 6.38. The normalized spacial score (nSPS) is 17.8. The van der Waals surface area contributed by atoms with E-state index in [0.717, 1.165) is 12.8 Å². The summed E-state index contributed by atoms with van der Waals surface area (Å²) in [6, 6.07) is 1.53. The summed E-state index contributed by atoms with van der Waals surface area (Å²) in [5.74, 6) is 0.346. The van der Waals surface area contributed by atoms with Crippen molar-refractivity contribution in [3.63, 3.8) is 0 Å². The molecule has 2 heterocycles. The van der Waals surface area contributed by atoms with Gasteiger partial charge in [0.2, 0.25) is 10.0 Å². The Morgan fingerprint density at radius 2 is 2.15 bits per heavy atom. The van der Waals surface area contributed by atoms with Gasteiger partial charge in [-0.2, -0.15) is 0 Å². The molecular weight excluding hydrogens is 366 g/mol. The van der Waals surface area contributed by atoms with Crippen molar-refractivity contribution >= 4 is 37.3 Å². The third kappa shape index (κ3) is 3.61. The maximum atomic E-state index is 12.5. The van der Waals surface area contributed by atoms with Crippen LogP contribution in [0.3, 0.4) is 0 Å². The van der Waals surface area contributed by atoms with E-state index in [0.29, 0.717) is 34.3 Å². The van der Waals surface area contributed by atoms with Gasteiger partial charge in [-0.1, -0.05) is 0 Å². The zero-order valence-corrected chi connectivity index (χ0v) is 14.4. The van der Waals surface area contributed by atoms with Gasteiger partial charge in [0.1, 0.15) is 4.90 Å². The fourth-order valence-corrected chi connectivity index (χ4v) is 5.95. The molecule has 0 atom stereocenters. The van der Waals surface area contributed by atoms with Crippen molar-refractivity contribution in [2.24, 2.45) is 5.92 Å². The Bertz CT molecular complexity index is 552. The first-order valence-corrected chi connectivity index (χ1v) is 9.43. The summed E-state index contributed by atoms with van der Waals surface area (Å²) in [7, 11) is -1.91. The number of thiophene rings is 1. The number of nitrogens with zero attached hydrogens (tertiary/aromatic N) is 1. The molecular formula is C12H18BrNO4S2. The molecule has 1 aliphatic rings. The lowest BCUT2D eigenvalue weighted by molar-refractivity contribution is 0.0620. The Balaban J connectivity index is 2.13. The Hall–Kier alpha value is 0.01000. The number of aliphatic hydroxyl groups is 1. The molecule has 5 nitrogen and oxygen atoms in total. The maximum Gasteiger partial charge on any atom is 0.244 e. The summed E-state index contributed by atoms with van der Waals surface area (Å²) in [6.07, 6.45) is 1.79. The molecule has 2 rings (SSSR count). The molecule has 0 aromatic carbocycles. The van der Waals surface area contributed by atoms with Gasteiger partial charge in [-0.05, 0) is 40.8 Å². The zero-order chi connectivity index (χ0) is 14.8. The first-order chi connectivity index (χ1) is 9.45. The SMILES string of the molecule is CN(CC1CCOCC1)S(=O)(=O)c1cc(CO)sc1Br. The molecule has 0 bridgehead atoms. The van der Waals surface area contributed by atoms with Gasteiger partial charge in [-0.15, -0.1) is 11.3 Å². The minimum absolute atomic E-state index is 0.150. The van der Waals surface area contributed by atoms with Crippen LogP contribution in [-0.2, 0) is 21.4 Å². The molecule has 1 N–H and O–H groups in total. The molecule has 0 radical (unpaired) electrons. The Morgan fingerprint density at radius 1 is 1.50 bits per heavy atom. The molecule has 0 amide bonds. The standard InChI is InChI=1S/C12H18BrNO4S2/c1-14(7-9-2-4-18-5-3-9)20(16,17)11-6-10(8-15)19-12(11)13/h6,9,15H,2-5,7-8H2,1H3. The number of hydrogen-bond acceptors (Lipinski definition) is 5. The molecule has 1 aromatic rings. The van der Waals surface area contributed by atoms with Gasteiger partial charge in [0.15, 0.2) is 0 Å². The van der Waals surface area contributed by atoms with Gasteiger partial charge in [0.05, 0.1) is 10.4 Å². The minimum Gasteiger partial charge on any atom is -0.391 e. The van der Waals surface area contributed by atoms with Crippen LogP contribution in [0, 0.1) is 5.92 Å². The molecule has 0 saturated carbocycles. The van der Waals surface area contributed by atoms with Crippen molar-refractivity contribution < 1.29 is 18.3 Å². The molecule has 0 unspecified atom stereocenters. The maximum absolute atomic E-state index is 12.5. The fourth-order valence-electron chi connectivity index (χ4n) is 2.21. The Morgan fingerprint density at radius 3 is 2.70 bits per heavy atom. The number of hydrogen-bond donors (Lipinski definition) is 1. The van der Waals surface area contributed by atoms with Gasteiger partial charge < -0.3 is 9.84 Å². The number of aliphatic hydroxyl groups excluding tert-OH is 1. The van der Waals surface area contributed by atoms with Gasteiger partial charge in [0, 0.05) is 31.7 Å². The molecule has 1 saturated heterocycles. The van der Waals surface area contributed by atoms with Gasteiger partial charge in [-0.25, -0.2) is 12.7 Å². The molecule has 20 heavy (non-hydrogen) atoms. The van der Waals surface area contributed by atoms with E-state index in [9.17, 15) is 8.42 Å². The summed E-state index contributed by atoms with van der Waals surface area (Å²) in [5, 5.41) is 9.11. The summed E-state index contributed by atoms with van der Waals surface area (Å²) in [5.41, 5.74) is 0. The monoisotopic (exact) mass is 383 g/mol. The summed E-state index contributed by atoms with van der Waals surface area (Å²) >= 11 is 4.51. The molecule has 0 aliphatic carbocycles. The third-order valence-corrected chi connectivity index (χ3v) is 7.47. The highest BCUT2D eigenvalue weighted by molar-refractivity contribution is 9.11. The second-order valence-electron chi connectivity index (χ2n) is 4.85. The highest BCUT2D eigenvalue weighted by atomic mass is 79.9. The predicted octanol–water partition coefficient (Wildman–Crippen LogP) is 2.05. The smallest absolute Gasteiger partial charge is 0.244 e. The van der Waals surface area contributed by atoms with Gasteiger partial charge in [-0.3, -0.25) is 0 Å². The molecule has 1 fully saturated rings. The van der Waals surface area contributed by atoms with Crippen molar-refractivity contribution in [1.29, 1.82) is 0 Å². The molecule has 1 aliphatic heterocycles. The van der Waals surface area contributed by atoms with E-state index in [2.05, 4.69) is 15.9 Å². The lowest BCUT2D eigenvalue weighted by Crippen LogP contribution is -2.34. The zero-order valence-electron chi connectivity index (χ0n) is 11.2. The number of halogens is 1. The lowest BCUT2D eigenvalue weighted by Gasteiger charge is -2.26. The average Bonchev–Trinajstić information content (AvgIpc) is 2.82. The third-order valence-electron chi connectivity index (χ3n) is 3.41. The Labute approximate surface area is 131 Å². The first kappa shape index (κ1) is 16.4. The quantitative estimate of drug-likeness (QED) is 0.844. The van der Waals surface area contributed by atoms with Gasteiger partial charge in [0.25, 0.3) is 0 Å². The highest BCUT2D eigenvalue weighted by Crippen LogP contribution is 2.33. The second kappa shape index (κ2) is 6.85. The van der Waals surface area contributed by atoms with E-state index in [1.54, 1.807) is 7.05 Å². The van der Waals surface area contributed by atoms with E-state index >= 15 is 0 Å². The number of rotatable bonds is 5. The number of ether oxygens (including phenoxy) is 1. The van der Waals surface area contributed by atoms with E-state index in [1.807, 2.05) is 0 Å². The molecule has 1 aromatic heterocycles. The Kier molecular flexibility index (Phi) is 5.61. The van der Waals surface area contributed by atoms with Crippen LogP contribution in [0.25, 0.3) is 0 Å². The van der Waals surface area contributed by atoms with E-state index in [-0.39, 0.29) is 11.5 Å². The topological polar surface area (TPSA) is 66.8 Å². The fraction of sp³-hybridized carbons (Fsp3) is 0.667. The van der Waals surface area contributed by atoms with Crippen LogP contribution in [0.15, 0.2) is 14.7 Å². The van der Waals surface area contributed by atoms with Crippen LogP contribution in [0.4, 0.5) is 0 Å². The van der Waals surface area contributed by atoms with Crippen molar-refractivity contribution in [2.75, 3.05) is 26.8 Å². The van der Waals surface area contributed by atoms with Crippen LogP contribution < -0.4 is 0 Å². The van der Waals surface area contributed by atoms with Crippen molar-refractivity contribution in [3.05, 3.63) is 14.7 Å². The van der Waals surface area contributed by atoms with Crippen molar-refractivity contribution in [1.82, 2.24) is 4.31 Å². The number of sulfonamides is 1. The average molecular weight is 384 g/mol. The van der Waals surface area contributed by atoms with Crippen LogP contribution >= 0.6 is 27.3 Å². The summed E-state index contributed by atoms with van der Waals surface area (Å²) < 4.78 is 32.3. The molecule has 8 heteroatoms. The summed E-state index contributed by atoms with van der Waals surface area (Å²) in [4.78, 5) is 0.871. The van der Waals surface area contributed by atoms with Crippen molar-refractivity contribution in [2.45, 2.75) is 24.3 Å². The van der Waals surface area contributed by atoms with Gasteiger partial charge >= 0.3 is 0 Å². The van der Waals surface area contributed by atoms with Crippen LogP contribution in [0.2, 0.25) is 0 Å². The minimum atomic E-state index is -3.51. The lowest BCUT2D eigenvalue weighted by atomic mass is 10.0. The predicted molar refractivity (Wildman–Crippen MR) is 81.3 cm³/mol. The van der Waals surface area contributed by atoms with E-state index < -0.39 is 10.0 Å². The van der Waals surface area contributed by atoms with Crippen LogP contribution in [0.1, 0.15) is 17.7 Å².